The molecule has 1 rings (SSSR count). The monoisotopic (exact) mass is 201 g/mol. The van der Waals surface area contributed by atoms with Gasteiger partial charge in [-0.1, -0.05) is 12.8 Å². The topological polar surface area (TPSA) is 41.5 Å². The van der Waals surface area contributed by atoms with Crippen LogP contribution in [0.25, 0.3) is 0 Å². The molecule has 3 nitrogen and oxygen atoms in total. The van der Waals surface area contributed by atoms with Crippen molar-refractivity contribution in [1.29, 1.82) is 0 Å². The standard InChI is InChI=1S/C11H23NO2/c1-14-11-7-3-2-6-10(11)12-8-4-5-9-13/h10-13H,2-9H2,1H3. The fourth-order valence-electron chi connectivity index (χ4n) is 2.14. The molecular weight excluding hydrogens is 178 g/mol. The molecule has 2 atom stereocenters. The smallest absolute Gasteiger partial charge is 0.0724 e. The third-order valence-corrected chi connectivity index (χ3v) is 3.00. The van der Waals surface area contributed by atoms with E-state index in [2.05, 4.69) is 5.32 Å². The van der Waals surface area contributed by atoms with E-state index in [1.54, 1.807) is 7.11 Å². The highest BCUT2D eigenvalue weighted by Gasteiger charge is 2.23. The zero-order valence-corrected chi connectivity index (χ0v) is 9.17. The minimum atomic E-state index is 0.306. The van der Waals surface area contributed by atoms with E-state index in [4.69, 9.17) is 9.84 Å². The molecular formula is C11H23NO2. The second-order valence-corrected chi connectivity index (χ2v) is 4.05. The van der Waals surface area contributed by atoms with Gasteiger partial charge in [-0.15, -0.1) is 0 Å². The third kappa shape index (κ3) is 3.95. The summed E-state index contributed by atoms with van der Waals surface area (Å²) < 4.78 is 5.45. The molecule has 1 aliphatic carbocycles. The molecule has 14 heavy (non-hydrogen) atoms. The van der Waals surface area contributed by atoms with Crippen molar-refractivity contribution in [3.05, 3.63) is 0 Å². The molecule has 1 aliphatic rings. The summed E-state index contributed by atoms with van der Waals surface area (Å²) in [4.78, 5) is 0. The zero-order valence-electron chi connectivity index (χ0n) is 9.17. The van der Waals surface area contributed by atoms with E-state index in [1.165, 1.54) is 25.7 Å². The van der Waals surface area contributed by atoms with Gasteiger partial charge in [0.1, 0.15) is 0 Å². The van der Waals surface area contributed by atoms with Crippen LogP contribution < -0.4 is 5.32 Å². The van der Waals surface area contributed by atoms with Gasteiger partial charge in [-0.05, 0) is 32.2 Å². The number of hydrogen-bond acceptors (Lipinski definition) is 3. The number of aliphatic hydroxyl groups excluding tert-OH is 1. The fraction of sp³-hybridized carbons (Fsp3) is 1.00. The summed E-state index contributed by atoms with van der Waals surface area (Å²) >= 11 is 0. The molecule has 2 N–H and O–H groups in total. The molecule has 0 amide bonds. The van der Waals surface area contributed by atoms with Crippen molar-refractivity contribution in [2.75, 3.05) is 20.3 Å². The predicted octanol–water partition coefficient (Wildman–Crippen LogP) is 1.31. The number of nitrogens with one attached hydrogen (secondary N) is 1. The van der Waals surface area contributed by atoms with Crippen molar-refractivity contribution < 1.29 is 9.84 Å². The van der Waals surface area contributed by atoms with Crippen LogP contribution in [-0.2, 0) is 4.74 Å². The lowest BCUT2D eigenvalue weighted by molar-refractivity contribution is 0.0418. The highest BCUT2D eigenvalue weighted by molar-refractivity contribution is 4.81. The molecule has 3 heteroatoms. The summed E-state index contributed by atoms with van der Waals surface area (Å²) in [6.45, 7) is 1.31. The predicted molar refractivity (Wildman–Crippen MR) is 57.4 cm³/mol. The van der Waals surface area contributed by atoms with E-state index in [0.29, 0.717) is 18.8 Å². The Morgan fingerprint density at radius 1 is 1.29 bits per heavy atom. The van der Waals surface area contributed by atoms with E-state index in [9.17, 15) is 0 Å². The van der Waals surface area contributed by atoms with Gasteiger partial charge in [0, 0.05) is 19.8 Å². The van der Waals surface area contributed by atoms with Gasteiger partial charge in [-0.3, -0.25) is 0 Å². The van der Waals surface area contributed by atoms with Crippen LogP contribution in [0.5, 0.6) is 0 Å². The summed E-state index contributed by atoms with van der Waals surface area (Å²) in [5.41, 5.74) is 0. The van der Waals surface area contributed by atoms with Crippen molar-refractivity contribution in [3.8, 4) is 0 Å². The van der Waals surface area contributed by atoms with Gasteiger partial charge in [0.25, 0.3) is 0 Å². The van der Waals surface area contributed by atoms with Gasteiger partial charge < -0.3 is 15.2 Å². The minimum absolute atomic E-state index is 0.306. The van der Waals surface area contributed by atoms with Gasteiger partial charge in [-0.25, -0.2) is 0 Å². The number of aliphatic hydroxyl groups is 1. The van der Waals surface area contributed by atoms with Crippen LogP contribution in [0, 0.1) is 0 Å². The number of methoxy groups -OCH3 is 1. The van der Waals surface area contributed by atoms with Gasteiger partial charge in [0.2, 0.25) is 0 Å². The van der Waals surface area contributed by atoms with Crippen LogP contribution in [0.15, 0.2) is 0 Å². The second kappa shape index (κ2) is 7.21. The Balaban J connectivity index is 2.13. The van der Waals surface area contributed by atoms with Crippen molar-refractivity contribution in [3.63, 3.8) is 0 Å². The highest BCUT2D eigenvalue weighted by Crippen LogP contribution is 2.20. The molecule has 0 spiro atoms. The molecule has 0 saturated heterocycles. The molecule has 0 aliphatic heterocycles. The van der Waals surface area contributed by atoms with E-state index in [0.717, 1.165) is 19.4 Å². The molecule has 0 bridgehead atoms. The summed E-state index contributed by atoms with van der Waals surface area (Å²) in [5, 5.41) is 12.2. The maximum absolute atomic E-state index is 8.65. The van der Waals surface area contributed by atoms with Gasteiger partial charge in [0.15, 0.2) is 0 Å². The Kier molecular flexibility index (Phi) is 6.15. The van der Waals surface area contributed by atoms with Crippen LogP contribution >= 0.6 is 0 Å². The quantitative estimate of drug-likeness (QED) is 0.637. The largest absolute Gasteiger partial charge is 0.396 e. The lowest BCUT2D eigenvalue weighted by atomic mass is 9.92. The fourth-order valence-corrected chi connectivity index (χ4v) is 2.14. The average molecular weight is 201 g/mol. The number of rotatable bonds is 6. The minimum Gasteiger partial charge on any atom is -0.396 e. The molecule has 1 fully saturated rings. The second-order valence-electron chi connectivity index (χ2n) is 4.05. The summed E-state index contributed by atoms with van der Waals surface area (Å²) in [5.74, 6) is 0. The van der Waals surface area contributed by atoms with Crippen molar-refractivity contribution in [2.45, 2.75) is 50.7 Å². The molecule has 0 heterocycles. The molecule has 2 unspecified atom stereocenters. The van der Waals surface area contributed by atoms with Gasteiger partial charge in [0.05, 0.1) is 6.10 Å². The normalized spacial score (nSPS) is 27.9. The Morgan fingerprint density at radius 3 is 2.79 bits per heavy atom. The Morgan fingerprint density at radius 2 is 2.07 bits per heavy atom. The third-order valence-electron chi connectivity index (χ3n) is 3.00. The van der Waals surface area contributed by atoms with E-state index in [-0.39, 0.29) is 0 Å². The highest BCUT2D eigenvalue weighted by atomic mass is 16.5. The van der Waals surface area contributed by atoms with E-state index in [1.807, 2.05) is 0 Å². The maximum atomic E-state index is 8.65. The van der Waals surface area contributed by atoms with Gasteiger partial charge >= 0.3 is 0 Å². The van der Waals surface area contributed by atoms with Crippen LogP contribution in [0.4, 0.5) is 0 Å². The Hall–Kier alpha value is -0.120. The molecule has 0 aromatic carbocycles. The maximum Gasteiger partial charge on any atom is 0.0724 e. The van der Waals surface area contributed by atoms with Crippen molar-refractivity contribution >= 4 is 0 Å². The molecule has 0 aromatic heterocycles. The molecule has 0 aromatic rings. The number of hydrogen-bond donors (Lipinski definition) is 2. The van der Waals surface area contributed by atoms with Crippen molar-refractivity contribution in [2.24, 2.45) is 0 Å². The average Bonchev–Trinajstić information content (AvgIpc) is 2.25. The first-order valence-corrected chi connectivity index (χ1v) is 5.75. The molecule has 0 radical (unpaired) electrons. The van der Waals surface area contributed by atoms with Crippen LogP contribution in [0.3, 0.4) is 0 Å². The van der Waals surface area contributed by atoms with Crippen LogP contribution in [0.2, 0.25) is 0 Å². The number of ether oxygens (including phenoxy) is 1. The van der Waals surface area contributed by atoms with E-state index < -0.39 is 0 Å². The summed E-state index contributed by atoms with van der Waals surface area (Å²) in [6.07, 6.45) is 7.40. The molecule has 84 valence electrons. The first-order chi connectivity index (χ1) is 6.88. The lowest BCUT2D eigenvalue weighted by Crippen LogP contribution is -2.43. The Labute approximate surface area is 86.8 Å². The zero-order chi connectivity index (χ0) is 10.2. The first kappa shape index (κ1) is 12.0. The van der Waals surface area contributed by atoms with Crippen molar-refractivity contribution in [1.82, 2.24) is 5.32 Å². The lowest BCUT2D eigenvalue weighted by Gasteiger charge is -2.31. The van der Waals surface area contributed by atoms with Gasteiger partial charge in [-0.2, -0.15) is 0 Å². The summed E-state index contributed by atoms with van der Waals surface area (Å²) in [6, 6.07) is 0.535. The van der Waals surface area contributed by atoms with Crippen LogP contribution in [0.1, 0.15) is 38.5 Å². The Bertz CT molecular complexity index is 141. The molecule has 1 saturated carbocycles. The summed E-state index contributed by atoms with van der Waals surface area (Å²) in [7, 11) is 1.80. The first-order valence-electron chi connectivity index (χ1n) is 5.75. The van der Waals surface area contributed by atoms with Crippen LogP contribution in [-0.4, -0.2) is 37.5 Å². The van der Waals surface area contributed by atoms with E-state index >= 15 is 0 Å². The number of unbranched alkanes of at least 4 members (excludes halogenated alkanes) is 1. The SMILES string of the molecule is COC1CCCCC1NCCCCO.